The van der Waals surface area contributed by atoms with Crippen molar-refractivity contribution in [2.45, 2.75) is 245 Å². The summed E-state index contributed by atoms with van der Waals surface area (Å²) in [6.07, 6.45) is 56.7. The van der Waals surface area contributed by atoms with Gasteiger partial charge >= 0.3 is 5.97 Å². The van der Waals surface area contributed by atoms with E-state index < -0.39 is 5.97 Å². The molecule has 0 rings (SSSR count). The Morgan fingerprint density at radius 2 is 0.587 bits per heavy atom. The first-order chi connectivity index (χ1) is 22.7. The Hall–Kier alpha value is -1.05. The lowest BCUT2D eigenvalue weighted by Gasteiger charge is -2.12. The summed E-state index contributed by atoms with van der Waals surface area (Å²) in [6, 6.07) is 0. The van der Waals surface area contributed by atoms with Crippen LogP contribution < -0.4 is 0 Å². The van der Waals surface area contributed by atoms with Crippen LogP contribution >= 0.6 is 0 Å². The summed E-state index contributed by atoms with van der Waals surface area (Å²) in [5, 5.41) is 9.67. The van der Waals surface area contributed by atoms with Gasteiger partial charge in [-0.3, -0.25) is 4.79 Å². The Morgan fingerprint density at radius 3 is 0.826 bits per heavy atom. The fourth-order valence-electron chi connectivity index (χ4n) is 6.73. The van der Waals surface area contributed by atoms with Crippen molar-refractivity contribution in [3.05, 3.63) is 24.3 Å². The second-order valence-electron chi connectivity index (χ2n) is 14.6. The molecule has 0 aromatic rings. The summed E-state index contributed by atoms with van der Waals surface area (Å²) >= 11 is 0. The van der Waals surface area contributed by atoms with Crippen molar-refractivity contribution >= 4 is 5.97 Å². The number of aliphatic carboxylic acids is 1. The van der Waals surface area contributed by atoms with Crippen molar-refractivity contribution < 1.29 is 9.90 Å². The van der Waals surface area contributed by atoms with Crippen molar-refractivity contribution in [2.75, 3.05) is 0 Å². The first kappa shape index (κ1) is 45.0. The second-order valence-corrected chi connectivity index (χ2v) is 14.6. The van der Waals surface area contributed by atoms with Gasteiger partial charge in [0.25, 0.3) is 0 Å². The normalized spacial score (nSPS) is 12.6. The van der Waals surface area contributed by atoms with Gasteiger partial charge in [0.2, 0.25) is 0 Å². The van der Waals surface area contributed by atoms with E-state index in [1.54, 1.807) is 0 Å². The molecular weight excluding hydrogens is 560 g/mol. The van der Waals surface area contributed by atoms with Crippen LogP contribution in [0.5, 0.6) is 0 Å². The molecule has 2 nitrogen and oxygen atoms in total. The molecule has 0 spiro atoms. The molecule has 1 unspecified atom stereocenters. The number of carbonyl (C=O) groups is 1. The molecule has 0 aliphatic carbocycles. The van der Waals surface area contributed by atoms with Gasteiger partial charge in [0.05, 0.1) is 5.92 Å². The van der Waals surface area contributed by atoms with Gasteiger partial charge in [0.15, 0.2) is 0 Å². The molecule has 0 heterocycles. The van der Waals surface area contributed by atoms with E-state index in [9.17, 15) is 9.90 Å². The standard InChI is InChI=1S/C44H84O2/c1-3-5-7-9-11-13-15-17-19-21-23-24-26-28-30-32-34-36-38-40-42-43(44(45)46)41-39-37-35-33-31-29-27-25-22-20-18-16-14-12-10-8-6-4-2/h17-20,43H,3-16,21-42H2,1-2H3,(H,45,46)/b19-17-,20-18-. The van der Waals surface area contributed by atoms with E-state index in [2.05, 4.69) is 38.2 Å². The molecule has 0 aliphatic heterocycles. The Bertz CT molecular complexity index is 636. The molecule has 2 heteroatoms. The Morgan fingerprint density at radius 1 is 0.370 bits per heavy atom. The highest BCUT2D eigenvalue weighted by atomic mass is 16.4. The molecule has 1 N–H and O–H groups in total. The molecule has 0 amide bonds. The van der Waals surface area contributed by atoms with Gasteiger partial charge in [-0.2, -0.15) is 0 Å². The fourth-order valence-corrected chi connectivity index (χ4v) is 6.73. The van der Waals surface area contributed by atoms with Crippen LogP contribution in [0.4, 0.5) is 0 Å². The summed E-state index contributed by atoms with van der Waals surface area (Å²) in [5.74, 6) is -0.672. The van der Waals surface area contributed by atoms with Crippen LogP contribution in [0.1, 0.15) is 245 Å². The van der Waals surface area contributed by atoms with Gasteiger partial charge in [-0.1, -0.05) is 205 Å². The zero-order chi connectivity index (χ0) is 33.4. The van der Waals surface area contributed by atoms with Gasteiger partial charge < -0.3 is 5.11 Å². The molecule has 0 aliphatic rings. The number of unbranched alkanes of at least 4 members (excludes halogenated alkanes) is 30. The molecule has 0 aromatic heterocycles. The Balaban J connectivity index is 3.41. The van der Waals surface area contributed by atoms with Gasteiger partial charge in [-0.05, 0) is 64.2 Å². The van der Waals surface area contributed by atoms with Crippen LogP contribution in [0.3, 0.4) is 0 Å². The molecule has 0 fully saturated rings. The number of hydrogen-bond donors (Lipinski definition) is 1. The van der Waals surface area contributed by atoms with Crippen molar-refractivity contribution in [3.8, 4) is 0 Å². The summed E-state index contributed by atoms with van der Waals surface area (Å²) < 4.78 is 0. The van der Waals surface area contributed by atoms with Gasteiger partial charge in [-0.15, -0.1) is 0 Å². The topological polar surface area (TPSA) is 37.3 Å². The quantitative estimate of drug-likeness (QED) is 0.0534. The smallest absolute Gasteiger partial charge is 0.306 e. The van der Waals surface area contributed by atoms with Crippen LogP contribution in [0.25, 0.3) is 0 Å². The minimum absolute atomic E-state index is 0.112. The SMILES string of the molecule is CCCCCCCC/C=C\CCCCCCCCCCCCC(CCCCCCCCCC/C=C\CCCCCCCC)C(=O)O. The van der Waals surface area contributed by atoms with E-state index >= 15 is 0 Å². The van der Waals surface area contributed by atoms with Crippen molar-refractivity contribution in [2.24, 2.45) is 5.92 Å². The van der Waals surface area contributed by atoms with E-state index in [0.29, 0.717) is 0 Å². The number of allylic oxidation sites excluding steroid dienone is 4. The van der Waals surface area contributed by atoms with Crippen LogP contribution in [-0.2, 0) is 4.79 Å². The molecule has 1 atom stereocenters. The maximum Gasteiger partial charge on any atom is 0.306 e. The molecule has 272 valence electrons. The third kappa shape index (κ3) is 37.4. The first-order valence-corrected chi connectivity index (χ1v) is 21.2. The van der Waals surface area contributed by atoms with Crippen LogP contribution in [0.15, 0.2) is 24.3 Å². The molecule has 0 bridgehead atoms. The van der Waals surface area contributed by atoms with E-state index in [4.69, 9.17) is 0 Å². The zero-order valence-electron chi connectivity index (χ0n) is 31.7. The third-order valence-electron chi connectivity index (χ3n) is 9.98. The van der Waals surface area contributed by atoms with Crippen molar-refractivity contribution in [3.63, 3.8) is 0 Å². The highest BCUT2D eigenvalue weighted by Gasteiger charge is 2.16. The average Bonchev–Trinajstić information content (AvgIpc) is 3.05. The van der Waals surface area contributed by atoms with Gasteiger partial charge in [-0.25, -0.2) is 0 Å². The van der Waals surface area contributed by atoms with Crippen molar-refractivity contribution in [1.82, 2.24) is 0 Å². The monoisotopic (exact) mass is 645 g/mol. The van der Waals surface area contributed by atoms with Crippen LogP contribution in [-0.4, -0.2) is 11.1 Å². The molecule has 0 aromatic carbocycles. The van der Waals surface area contributed by atoms with E-state index in [1.807, 2.05) is 0 Å². The predicted molar refractivity (Wildman–Crippen MR) is 207 cm³/mol. The highest BCUT2D eigenvalue weighted by molar-refractivity contribution is 5.69. The maximum atomic E-state index is 11.7. The number of rotatable bonds is 39. The summed E-state index contributed by atoms with van der Waals surface area (Å²) in [6.45, 7) is 4.57. The van der Waals surface area contributed by atoms with E-state index in [-0.39, 0.29) is 5.92 Å². The fraction of sp³-hybridized carbons (Fsp3) is 0.886. The number of carboxylic acid groups (broad SMARTS) is 1. The minimum atomic E-state index is -0.561. The van der Waals surface area contributed by atoms with Crippen LogP contribution in [0.2, 0.25) is 0 Å². The number of hydrogen-bond acceptors (Lipinski definition) is 1. The largest absolute Gasteiger partial charge is 0.481 e. The molecule has 0 radical (unpaired) electrons. The lowest BCUT2D eigenvalue weighted by Crippen LogP contribution is -2.13. The highest BCUT2D eigenvalue weighted by Crippen LogP contribution is 2.20. The minimum Gasteiger partial charge on any atom is -0.481 e. The Labute approximate surface area is 290 Å². The van der Waals surface area contributed by atoms with Gasteiger partial charge in [0, 0.05) is 0 Å². The molecule has 0 saturated heterocycles. The molecule has 46 heavy (non-hydrogen) atoms. The first-order valence-electron chi connectivity index (χ1n) is 21.2. The zero-order valence-corrected chi connectivity index (χ0v) is 31.7. The Kier molecular flexibility index (Phi) is 39.2. The van der Waals surface area contributed by atoms with Crippen LogP contribution in [0, 0.1) is 5.92 Å². The van der Waals surface area contributed by atoms with Gasteiger partial charge in [0.1, 0.15) is 0 Å². The maximum absolute atomic E-state index is 11.7. The second kappa shape index (κ2) is 40.1. The number of carboxylic acids is 1. The summed E-state index contributed by atoms with van der Waals surface area (Å²) in [4.78, 5) is 11.7. The lowest BCUT2D eigenvalue weighted by molar-refractivity contribution is -0.142. The van der Waals surface area contributed by atoms with Crippen molar-refractivity contribution in [1.29, 1.82) is 0 Å². The van der Waals surface area contributed by atoms with E-state index in [1.165, 1.54) is 205 Å². The van der Waals surface area contributed by atoms with E-state index in [0.717, 1.165) is 25.7 Å². The summed E-state index contributed by atoms with van der Waals surface area (Å²) in [5.41, 5.74) is 0. The molecule has 0 saturated carbocycles. The average molecular weight is 645 g/mol. The summed E-state index contributed by atoms with van der Waals surface area (Å²) in [7, 11) is 0. The predicted octanol–water partition coefficient (Wildman–Crippen LogP) is 15.9. The third-order valence-corrected chi connectivity index (χ3v) is 9.98. The lowest BCUT2D eigenvalue weighted by atomic mass is 9.94. The molecular formula is C44H84O2.